The van der Waals surface area contributed by atoms with Gasteiger partial charge in [0, 0.05) is 16.9 Å². The van der Waals surface area contributed by atoms with Crippen molar-refractivity contribution in [3.63, 3.8) is 0 Å². The van der Waals surface area contributed by atoms with E-state index in [1.807, 2.05) is 0 Å². The van der Waals surface area contributed by atoms with Gasteiger partial charge in [-0.3, -0.25) is 0 Å². The first-order valence-electron chi connectivity index (χ1n) is 8.01. The van der Waals surface area contributed by atoms with Crippen LogP contribution in [0.2, 0.25) is 0 Å². The third kappa shape index (κ3) is 3.92. The number of benzene rings is 3. The van der Waals surface area contributed by atoms with Gasteiger partial charge in [-0.05, 0) is 48.5 Å². The molecule has 3 aromatic carbocycles. The minimum absolute atomic E-state index is 0.0409. The first-order valence-corrected chi connectivity index (χ1v) is 8.01. The first-order chi connectivity index (χ1) is 12.8. The topological polar surface area (TPSA) is 70.5 Å². The number of halogens is 3. The van der Waals surface area contributed by atoms with E-state index >= 15 is 0 Å². The van der Waals surface area contributed by atoms with Gasteiger partial charge in [-0.1, -0.05) is 30.3 Å². The Labute approximate surface area is 154 Å². The summed E-state index contributed by atoms with van der Waals surface area (Å²) in [5.74, 6) is -3.14. The molecule has 0 aliphatic heterocycles. The van der Waals surface area contributed by atoms with Crippen molar-refractivity contribution in [3.05, 3.63) is 84.4 Å². The molecule has 0 aromatic heterocycles. The maximum Gasteiger partial charge on any atom is 0.473 e. The number of alkyl halides is 3. The van der Waals surface area contributed by atoms with Crippen LogP contribution in [-0.2, 0) is 5.79 Å². The zero-order valence-electron chi connectivity index (χ0n) is 14.1. The fraction of sp³-hybridized carbons (Fsp3) is 0.100. The van der Waals surface area contributed by atoms with E-state index in [4.69, 9.17) is 20.9 Å². The molecule has 3 aromatic rings. The smallest absolute Gasteiger partial charge is 0.441 e. The van der Waals surface area contributed by atoms with Gasteiger partial charge in [-0.25, -0.2) is 0 Å². The lowest BCUT2D eigenvalue weighted by molar-refractivity contribution is -0.331. The van der Waals surface area contributed by atoms with Crippen molar-refractivity contribution >= 4 is 11.4 Å². The van der Waals surface area contributed by atoms with Gasteiger partial charge < -0.3 is 20.9 Å². The summed E-state index contributed by atoms with van der Waals surface area (Å²) in [6.07, 6.45) is -4.89. The van der Waals surface area contributed by atoms with E-state index in [0.717, 1.165) is 0 Å². The number of nitrogens with two attached hydrogens (primary N) is 2. The third-order valence-electron chi connectivity index (χ3n) is 3.81. The van der Waals surface area contributed by atoms with E-state index in [9.17, 15) is 13.2 Å². The Morgan fingerprint density at radius 1 is 0.593 bits per heavy atom. The molecule has 0 saturated heterocycles. The number of anilines is 2. The quantitative estimate of drug-likeness (QED) is 0.501. The largest absolute Gasteiger partial charge is 0.473 e. The average molecular weight is 374 g/mol. The second-order valence-electron chi connectivity index (χ2n) is 5.82. The molecule has 7 heteroatoms. The Balaban J connectivity index is 2.12. The molecule has 0 spiro atoms. The Hall–Kier alpha value is -3.35. The zero-order chi connectivity index (χ0) is 19.5. The van der Waals surface area contributed by atoms with Gasteiger partial charge in [0.1, 0.15) is 11.5 Å². The van der Waals surface area contributed by atoms with Crippen molar-refractivity contribution in [2.45, 2.75) is 12.0 Å². The summed E-state index contributed by atoms with van der Waals surface area (Å²) in [4.78, 5) is 0. The molecule has 4 N–H and O–H groups in total. The highest BCUT2D eigenvalue weighted by Gasteiger charge is 2.62. The number of nitrogen functional groups attached to an aromatic ring is 2. The molecule has 0 amide bonds. The summed E-state index contributed by atoms with van der Waals surface area (Å²) in [5.41, 5.74) is 11.8. The van der Waals surface area contributed by atoms with Gasteiger partial charge in [0.05, 0.1) is 0 Å². The van der Waals surface area contributed by atoms with Crippen LogP contribution >= 0.6 is 0 Å². The van der Waals surface area contributed by atoms with Crippen molar-refractivity contribution < 1.29 is 22.6 Å². The molecule has 3 rings (SSSR count). The maximum absolute atomic E-state index is 14.3. The summed E-state index contributed by atoms with van der Waals surface area (Å²) in [6, 6.07) is 18.4. The normalized spacial score (nSPS) is 11.8. The summed E-state index contributed by atoms with van der Waals surface area (Å²) < 4.78 is 53.7. The molecule has 0 bridgehead atoms. The Kier molecular flexibility index (Phi) is 4.85. The van der Waals surface area contributed by atoms with E-state index in [1.165, 1.54) is 72.8 Å². The van der Waals surface area contributed by atoms with Crippen LogP contribution in [-0.4, -0.2) is 6.18 Å². The van der Waals surface area contributed by atoms with Gasteiger partial charge in [-0.15, -0.1) is 0 Å². The minimum atomic E-state index is -4.89. The van der Waals surface area contributed by atoms with E-state index in [1.54, 1.807) is 6.07 Å². The molecule has 0 aliphatic rings. The highest BCUT2D eigenvalue weighted by molar-refractivity contribution is 5.43. The molecule has 140 valence electrons. The molecule has 0 radical (unpaired) electrons. The second-order valence-corrected chi connectivity index (χ2v) is 5.82. The Morgan fingerprint density at radius 3 is 1.37 bits per heavy atom. The third-order valence-corrected chi connectivity index (χ3v) is 3.81. The van der Waals surface area contributed by atoms with Crippen LogP contribution in [0.3, 0.4) is 0 Å². The molecule has 4 nitrogen and oxygen atoms in total. The number of ether oxygens (including phenoxy) is 2. The van der Waals surface area contributed by atoms with Crippen molar-refractivity contribution in [1.82, 2.24) is 0 Å². The Bertz CT molecular complexity index is 832. The van der Waals surface area contributed by atoms with Gasteiger partial charge >= 0.3 is 12.0 Å². The number of rotatable bonds is 5. The standard InChI is InChI=1S/C20H17F3N2O2/c21-20(22,23)19(14-4-2-1-3-5-14,26-17-10-6-15(24)7-11-17)27-18-12-8-16(25)9-13-18/h1-13H,24-25H2. The highest BCUT2D eigenvalue weighted by atomic mass is 19.4. The van der Waals surface area contributed by atoms with Crippen LogP contribution in [0.5, 0.6) is 11.5 Å². The van der Waals surface area contributed by atoms with Gasteiger partial charge in [0.25, 0.3) is 0 Å². The summed E-state index contributed by atoms with van der Waals surface area (Å²) >= 11 is 0. The summed E-state index contributed by atoms with van der Waals surface area (Å²) in [7, 11) is 0. The van der Waals surface area contributed by atoms with Crippen LogP contribution < -0.4 is 20.9 Å². The fourth-order valence-corrected chi connectivity index (χ4v) is 2.48. The zero-order valence-corrected chi connectivity index (χ0v) is 14.1. The molecular formula is C20H17F3N2O2. The fourth-order valence-electron chi connectivity index (χ4n) is 2.48. The van der Waals surface area contributed by atoms with E-state index in [2.05, 4.69) is 0 Å². The van der Waals surface area contributed by atoms with Crippen LogP contribution in [0.4, 0.5) is 24.5 Å². The van der Waals surface area contributed by atoms with E-state index in [-0.39, 0.29) is 17.1 Å². The number of hydrogen-bond acceptors (Lipinski definition) is 4. The monoisotopic (exact) mass is 374 g/mol. The molecule has 0 heterocycles. The molecule has 0 aliphatic carbocycles. The highest BCUT2D eigenvalue weighted by Crippen LogP contribution is 2.44. The maximum atomic E-state index is 14.3. The molecular weight excluding hydrogens is 357 g/mol. The average Bonchev–Trinajstić information content (AvgIpc) is 2.64. The van der Waals surface area contributed by atoms with Crippen molar-refractivity contribution in [2.75, 3.05) is 11.5 Å². The molecule has 0 fully saturated rings. The van der Waals surface area contributed by atoms with Crippen LogP contribution in [0, 0.1) is 0 Å². The lowest BCUT2D eigenvalue weighted by Crippen LogP contribution is -2.52. The summed E-state index contributed by atoms with van der Waals surface area (Å²) in [6.45, 7) is 0. The number of hydrogen-bond donors (Lipinski definition) is 2. The molecule has 0 atom stereocenters. The van der Waals surface area contributed by atoms with E-state index in [0.29, 0.717) is 11.4 Å². The SMILES string of the molecule is Nc1ccc(OC(Oc2ccc(N)cc2)(c2ccccc2)C(F)(F)F)cc1. The van der Waals surface area contributed by atoms with Crippen LogP contribution in [0.25, 0.3) is 0 Å². The van der Waals surface area contributed by atoms with Crippen LogP contribution in [0.15, 0.2) is 78.9 Å². The predicted molar refractivity (Wildman–Crippen MR) is 97.1 cm³/mol. The first kappa shape index (κ1) is 18.4. The molecule has 27 heavy (non-hydrogen) atoms. The molecule has 0 unspecified atom stereocenters. The van der Waals surface area contributed by atoms with Gasteiger partial charge in [0.2, 0.25) is 0 Å². The summed E-state index contributed by atoms with van der Waals surface area (Å²) in [5, 5.41) is 0. The van der Waals surface area contributed by atoms with Crippen molar-refractivity contribution in [1.29, 1.82) is 0 Å². The van der Waals surface area contributed by atoms with Crippen molar-refractivity contribution in [3.8, 4) is 11.5 Å². The minimum Gasteiger partial charge on any atom is -0.441 e. The van der Waals surface area contributed by atoms with Crippen molar-refractivity contribution in [2.24, 2.45) is 0 Å². The lowest BCUT2D eigenvalue weighted by Gasteiger charge is -2.36. The van der Waals surface area contributed by atoms with E-state index < -0.39 is 12.0 Å². The Morgan fingerprint density at radius 2 is 1.00 bits per heavy atom. The second kappa shape index (κ2) is 7.11. The predicted octanol–water partition coefficient (Wildman–Crippen LogP) is 4.72. The van der Waals surface area contributed by atoms with Gasteiger partial charge in [-0.2, -0.15) is 13.2 Å². The lowest BCUT2D eigenvalue weighted by atomic mass is 10.0. The van der Waals surface area contributed by atoms with Gasteiger partial charge in [0.15, 0.2) is 0 Å². The molecule has 0 saturated carbocycles. The van der Waals surface area contributed by atoms with Crippen LogP contribution in [0.1, 0.15) is 5.56 Å².